The molecule has 0 bridgehead atoms. The van der Waals surface area contributed by atoms with E-state index in [4.69, 9.17) is 17.5 Å². The van der Waals surface area contributed by atoms with E-state index >= 15 is 0 Å². The minimum absolute atomic E-state index is 0. The fraction of sp³-hybridized carbons (Fsp3) is 0. The van der Waals surface area contributed by atoms with Crippen molar-refractivity contribution in [1.29, 1.82) is 0 Å². The van der Waals surface area contributed by atoms with Crippen LogP contribution in [0.15, 0.2) is 0 Å². The first-order chi connectivity index (χ1) is 2.00. The molecule has 0 aromatic carbocycles. The van der Waals surface area contributed by atoms with E-state index in [0.717, 1.165) is 0 Å². The normalized spacial score (nSPS) is 8.29. The zero-order valence-corrected chi connectivity index (χ0v) is 5.66. The molecule has 0 rings (SSSR count). The molecule has 0 aliphatic heterocycles. The second-order valence-electron chi connectivity index (χ2n) is 0.408. The molecule has 0 N–H and O–H groups in total. The molecule has 0 aliphatic carbocycles. The van der Waals surface area contributed by atoms with Crippen molar-refractivity contribution in [2.75, 3.05) is 0 Å². The first kappa shape index (κ1) is 15.6. The standard InChI is InChI=1S/ClH2.Fe.H2O4S/c;;1-5(2,3)4/h1H2;;(H2,1,2,3,4)/q+1;+3;/p-2. The molecule has 0 aliphatic rings. The van der Waals surface area contributed by atoms with Crippen molar-refractivity contribution in [2.45, 2.75) is 0 Å². The SMILES string of the molecule is O=S(=O)([O-])[O-].[ClH2+].[Fe+3]. The van der Waals surface area contributed by atoms with Crippen molar-refractivity contribution >= 4 is 10.4 Å². The quantitative estimate of drug-likeness (QED) is 0.254. The number of rotatable bonds is 0. The second-order valence-corrected chi connectivity index (χ2v) is 1.22. The van der Waals surface area contributed by atoms with E-state index in [-0.39, 0.29) is 29.5 Å². The van der Waals surface area contributed by atoms with Crippen LogP contribution in [0.25, 0.3) is 0 Å². The van der Waals surface area contributed by atoms with Crippen molar-refractivity contribution in [3.05, 3.63) is 0 Å². The van der Waals surface area contributed by atoms with Gasteiger partial charge in [0.15, 0.2) is 0 Å². The van der Waals surface area contributed by atoms with Gasteiger partial charge in [-0.15, -0.1) is 0 Å². The van der Waals surface area contributed by atoms with Crippen LogP contribution in [0.2, 0.25) is 0 Å². The summed E-state index contributed by atoms with van der Waals surface area (Å²) in [5.41, 5.74) is 0. The Bertz CT molecular complexity index is 94.9. The third kappa shape index (κ3) is 317. The Morgan fingerprint density at radius 3 is 1.14 bits per heavy atom. The smallest absolute Gasteiger partial charge is 0.759 e. The van der Waals surface area contributed by atoms with Crippen LogP contribution < -0.4 is 0 Å². The second kappa shape index (κ2) is 4.83. The fourth-order valence-corrected chi connectivity index (χ4v) is 0. The predicted octanol–water partition coefficient (Wildman–Crippen LogP) is -1.88. The number of halogens is 1. The number of hydrogen-bond donors (Lipinski definition) is 0. The summed E-state index contributed by atoms with van der Waals surface area (Å²) in [5.74, 6) is 0. The van der Waals surface area contributed by atoms with Crippen LogP contribution in [0.1, 0.15) is 0 Å². The molecular weight excluding hydrogens is 187 g/mol. The minimum Gasteiger partial charge on any atom is -0.759 e. The Labute approximate surface area is 57.8 Å². The van der Waals surface area contributed by atoms with E-state index in [1.807, 2.05) is 0 Å². The summed E-state index contributed by atoms with van der Waals surface area (Å²) in [6.07, 6.45) is 0. The van der Waals surface area contributed by atoms with Gasteiger partial charge in [0.1, 0.15) is 0 Å². The Morgan fingerprint density at radius 2 is 1.14 bits per heavy atom. The summed E-state index contributed by atoms with van der Waals surface area (Å²) in [7, 11) is -5.17. The minimum atomic E-state index is -5.17. The van der Waals surface area contributed by atoms with E-state index in [1.54, 1.807) is 0 Å². The molecule has 0 saturated carbocycles. The fourth-order valence-electron chi connectivity index (χ4n) is 0. The molecule has 0 spiro atoms. The Hall–Kier alpha value is 0.679. The average molecular weight is 189 g/mol. The van der Waals surface area contributed by atoms with Gasteiger partial charge in [0.25, 0.3) is 0 Å². The van der Waals surface area contributed by atoms with E-state index in [1.165, 1.54) is 0 Å². The molecule has 7 heteroatoms. The maximum Gasteiger partial charge on any atom is 3.00 e. The monoisotopic (exact) mass is 189 g/mol. The maximum absolute atomic E-state index is 8.52. The molecule has 0 atom stereocenters. The topological polar surface area (TPSA) is 80.3 Å². The molecule has 0 unspecified atom stereocenters. The number of hydrogen-bond acceptors (Lipinski definition) is 4. The molecule has 45 valence electrons. The van der Waals surface area contributed by atoms with Gasteiger partial charge < -0.3 is 9.11 Å². The van der Waals surface area contributed by atoms with Gasteiger partial charge in [-0.1, -0.05) is 0 Å². The first-order valence-electron chi connectivity index (χ1n) is 0.667. The summed E-state index contributed by atoms with van der Waals surface area (Å²) in [6.45, 7) is 0. The van der Waals surface area contributed by atoms with Crippen LogP contribution >= 0.6 is 0 Å². The predicted molar refractivity (Wildman–Crippen MR) is 13.3 cm³/mol. The molecule has 0 heterocycles. The van der Waals surface area contributed by atoms with E-state index in [9.17, 15) is 0 Å². The van der Waals surface area contributed by atoms with Crippen LogP contribution in [-0.2, 0) is 27.5 Å². The summed E-state index contributed by atoms with van der Waals surface area (Å²) in [6, 6.07) is 0. The van der Waals surface area contributed by atoms with Crippen molar-refractivity contribution in [3.63, 3.8) is 0 Å². The molecule has 0 saturated heterocycles. The molecule has 7 heavy (non-hydrogen) atoms. The van der Waals surface area contributed by atoms with Gasteiger partial charge in [0.2, 0.25) is 0 Å². The van der Waals surface area contributed by atoms with Crippen LogP contribution in [0, 0.1) is 12.4 Å². The van der Waals surface area contributed by atoms with Crippen molar-refractivity contribution < 1.29 is 47.0 Å². The molecule has 0 fully saturated rings. The summed E-state index contributed by atoms with van der Waals surface area (Å²) >= 11 is 0. The zero-order valence-electron chi connectivity index (χ0n) is 2.84. The molecule has 4 nitrogen and oxygen atoms in total. The largest absolute Gasteiger partial charge is 3.00 e. The molecule has 1 radical (unpaired) electrons. The first-order valence-corrected chi connectivity index (χ1v) is 2.00. The van der Waals surface area contributed by atoms with Crippen molar-refractivity contribution in [3.8, 4) is 0 Å². The van der Waals surface area contributed by atoms with Crippen molar-refractivity contribution in [1.82, 2.24) is 0 Å². The molecule has 0 amide bonds. The van der Waals surface area contributed by atoms with Crippen LogP contribution in [0.4, 0.5) is 0 Å². The maximum atomic E-state index is 8.52. The van der Waals surface area contributed by atoms with Gasteiger partial charge in [0.05, 0.1) is 12.4 Å². The van der Waals surface area contributed by atoms with E-state index in [0.29, 0.717) is 0 Å². The van der Waals surface area contributed by atoms with Gasteiger partial charge in [-0.2, -0.15) is 0 Å². The molecule has 0 aromatic rings. The van der Waals surface area contributed by atoms with Gasteiger partial charge in [-0.05, 0) is 0 Å². The van der Waals surface area contributed by atoms with Crippen LogP contribution in [0.5, 0.6) is 0 Å². The summed E-state index contributed by atoms with van der Waals surface area (Å²) in [4.78, 5) is 0. The zero-order chi connectivity index (χ0) is 4.50. The van der Waals surface area contributed by atoms with Gasteiger partial charge >= 0.3 is 17.1 Å². The Kier molecular flexibility index (Phi) is 10.8. The summed E-state index contributed by atoms with van der Waals surface area (Å²) < 4.78 is 34.1. The van der Waals surface area contributed by atoms with Crippen molar-refractivity contribution in [2.24, 2.45) is 0 Å². The van der Waals surface area contributed by atoms with Crippen LogP contribution in [-0.4, -0.2) is 17.5 Å². The van der Waals surface area contributed by atoms with E-state index < -0.39 is 10.4 Å². The molecular formula is H2ClFeO4S+2. The Balaban J connectivity index is -0.0000000800. The Morgan fingerprint density at radius 1 is 1.14 bits per heavy atom. The van der Waals surface area contributed by atoms with Crippen LogP contribution in [0.3, 0.4) is 0 Å². The van der Waals surface area contributed by atoms with E-state index in [2.05, 4.69) is 0 Å². The van der Waals surface area contributed by atoms with Gasteiger partial charge in [-0.3, -0.25) is 8.42 Å². The third-order valence-corrected chi connectivity index (χ3v) is 0. The third-order valence-electron chi connectivity index (χ3n) is 0. The molecule has 0 aromatic heterocycles. The van der Waals surface area contributed by atoms with Gasteiger partial charge in [-0.25, -0.2) is 0 Å². The summed E-state index contributed by atoms with van der Waals surface area (Å²) in [5, 5.41) is 0. The average Bonchev–Trinajstić information content (AvgIpc) is 0.722. The van der Waals surface area contributed by atoms with Gasteiger partial charge in [0, 0.05) is 10.4 Å².